The third-order valence-electron chi connectivity index (χ3n) is 3.77. The fourth-order valence-electron chi connectivity index (χ4n) is 2.73. The Morgan fingerprint density at radius 1 is 1.33 bits per heavy atom. The summed E-state index contributed by atoms with van der Waals surface area (Å²) in [6, 6.07) is 2.88. The molecule has 1 aromatic carbocycles. The van der Waals surface area contributed by atoms with E-state index in [1.165, 1.54) is 6.07 Å². The Balaban J connectivity index is 2.00. The number of carbonyl (C=O) groups excluding carboxylic acids is 2. The smallest absolute Gasteiger partial charge is 0.296 e. The first-order chi connectivity index (χ1) is 9.78. The summed E-state index contributed by atoms with van der Waals surface area (Å²) in [4.78, 5) is 24.9. The zero-order valence-electron chi connectivity index (χ0n) is 11.2. The van der Waals surface area contributed by atoms with E-state index in [4.69, 9.17) is 11.6 Å². The number of rotatable bonds is 1. The molecule has 0 radical (unpaired) electrons. The van der Waals surface area contributed by atoms with Crippen LogP contribution in [0.5, 0.6) is 0 Å². The molecular formula is C13H13ClN2O4S. The molecule has 1 unspecified atom stereocenters. The molecule has 0 bridgehead atoms. The number of ketones is 1. The van der Waals surface area contributed by atoms with E-state index in [9.17, 15) is 18.0 Å². The van der Waals surface area contributed by atoms with Crippen molar-refractivity contribution in [2.45, 2.75) is 13.0 Å². The van der Waals surface area contributed by atoms with E-state index in [1.54, 1.807) is 6.07 Å². The molecule has 2 aliphatic heterocycles. The van der Waals surface area contributed by atoms with Crippen molar-refractivity contribution in [3.8, 4) is 0 Å². The van der Waals surface area contributed by atoms with Gasteiger partial charge in [0.25, 0.3) is 11.7 Å². The lowest BCUT2D eigenvalue weighted by molar-refractivity contribution is -0.112. The Morgan fingerprint density at radius 3 is 2.71 bits per heavy atom. The topological polar surface area (TPSA) is 83.6 Å². The quantitative estimate of drug-likeness (QED) is 0.780. The van der Waals surface area contributed by atoms with Crippen LogP contribution in [0.2, 0.25) is 5.02 Å². The van der Waals surface area contributed by atoms with E-state index in [0.29, 0.717) is 22.9 Å². The molecule has 8 heteroatoms. The van der Waals surface area contributed by atoms with Gasteiger partial charge < -0.3 is 10.2 Å². The molecule has 1 aromatic rings. The Morgan fingerprint density at radius 2 is 2.05 bits per heavy atom. The van der Waals surface area contributed by atoms with Crippen LogP contribution in [-0.4, -0.2) is 44.2 Å². The summed E-state index contributed by atoms with van der Waals surface area (Å²) in [6.07, 6.45) is 0. The number of nitrogens with one attached hydrogen (secondary N) is 1. The second-order valence-electron chi connectivity index (χ2n) is 5.29. The van der Waals surface area contributed by atoms with Crippen molar-refractivity contribution in [3.05, 3.63) is 22.7 Å². The Kier molecular flexibility index (Phi) is 3.22. The monoisotopic (exact) mass is 328 g/mol. The van der Waals surface area contributed by atoms with Crippen molar-refractivity contribution in [1.29, 1.82) is 0 Å². The van der Waals surface area contributed by atoms with Gasteiger partial charge in [-0.1, -0.05) is 11.6 Å². The molecule has 112 valence electrons. The zero-order valence-corrected chi connectivity index (χ0v) is 12.8. The van der Waals surface area contributed by atoms with Gasteiger partial charge in [0.1, 0.15) is 0 Å². The summed E-state index contributed by atoms with van der Waals surface area (Å²) in [5.74, 6) is -1.15. The van der Waals surface area contributed by atoms with Crippen LogP contribution in [-0.2, 0) is 14.6 Å². The Bertz CT molecular complexity index is 760. The van der Waals surface area contributed by atoms with Crippen LogP contribution in [0.25, 0.3) is 0 Å². The van der Waals surface area contributed by atoms with Crippen LogP contribution in [0.3, 0.4) is 0 Å². The maximum Gasteiger partial charge on any atom is 0.296 e. The average Bonchev–Trinajstić information content (AvgIpc) is 2.64. The third-order valence-corrected chi connectivity index (χ3v) is 5.86. The van der Waals surface area contributed by atoms with Crippen LogP contribution < -0.4 is 10.2 Å². The molecule has 0 aromatic heterocycles. The fraction of sp³-hybridized carbons (Fsp3) is 0.385. The number of Topliss-reactive ketones (excluding diaryl/α,β-unsaturated/α-hetero) is 1. The lowest BCUT2D eigenvalue weighted by atomic mass is 10.1. The van der Waals surface area contributed by atoms with Crippen molar-refractivity contribution < 1.29 is 18.0 Å². The highest BCUT2D eigenvalue weighted by atomic mass is 35.5. The minimum Gasteiger partial charge on any atom is -0.366 e. The van der Waals surface area contributed by atoms with Gasteiger partial charge >= 0.3 is 0 Å². The van der Waals surface area contributed by atoms with Crippen LogP contribution in [0.15, 0.2) is 12.1 Å². The van der Waals surface area contributed by atoms with Gasteiger partial charge in [-0.25, -0.2) is 8.42 Å². The normalized spacial score (nSPS) is 23.9. The Labute approximate surface area is 127 Å². The van der Waals surface area contributed by atoms with E-state index in [1.807, 2.05) is 11.8 Å². The van der Waals surface area contributed by atoms with Crippen molar-refractivity contribution in [2.75, 3.05) is 28.3 Å². The summed E-state index contributed by atoms with van der Waals surface area (Å²) in [5.41, 5.74) is 1.31. The highest BCUT2D eigenvalue weighted by molar-refractivity contribution is 7.91. The van der Waals surface area contributed by atoms with Gasteiger partial charge in [0.2, 0.25) is 0 Å². The summed E-state index contributed by atoms with van der Waals surface area (Å²) in [6.45, 7) is 2.15. The maximum absolute atomic E-state index is 11.6. The molecule has 1 fully saturated rings. The number of anilines is 2. The van der Waals surface area contributed by atoms with Gasteiger partial charge in [-0.3, -0.25) is 9.59 Å². The van der Waals surface area contributed by atoms with Gasteiger partial charge in [-0.05, 0) is 19.1 Å². The number of fused-ring (bicyclic) bond motifs is 1. The highest BCUT2D eigenvalue weighted by Crippen LogP contribution is 2.36. The molecule has 0 saturated carbocycles. The molecule has 1 amide bonds. The molecule has 0 aliphatic carbocycles. The number of nitrogens with zero attached hydrogens (tertiary/aromatic N) is 1. The second-order valence-corrected chi connectivity index (χ2v) is 7.93. The molecule has 0 spiro atoms. The van der Waals surface area contributed by atoms with Crippen molar-refractivity contribution in [3.63, 3.8) is 0 Å². The number of benzene rings is 1. The number of amides is 1. The molecule has 1 atom stereocenters. The molecule has 2 aliphatic rings. The molecular weight excluding hydrogens is 316 g/mol. The fourth-order valence-corrected chi connectivity index (χ4v) is 4.56. The average molecular weight is 329 g/mol. The largest absolute Gasteiger partial charge is 0.366 e. The van der Waals surface area contributed by atoms with E-state index in [0.717, 1.165) is 0 Å². The predicted octanol–water partition coefficient (Wildman–Crippen LogP) is 1.10. The van der Waals surface area contributed by atoms with Crippen LogP contribution in [0.4, 0.5) is 11.4 Å². The summed E-state index contributed by atoms with van der Waals surface area (Å²) in [5, 5.41) is 2.83. The number of hydrogen-bond donors (Lipinski definition) is 1. The van der Waals surface area contributed by atoms with E-state index in [2.05, 4.69) is 5.32 Å². The second kappa shape index (κ2) is 4.71. The number of carbonyl (C=O) groups is 2. The first-order valence-electron chi connectivity index (χ1n) is 6.45. The molecule has 2 heterocycles. The molecule has 1 saturated heterocycles. The molecule has 21 heavy (non-hydrogen) atoms. The predicted molar refractivity (Wildman–Crippen MR) is 79.9 cm³/mol. The number of halogens is 1. The lowest BCUT2D eigenvalue weighted by Crippen LogP contribution is -2.47. The molecule has 1 N–H and O–H groups in total. The van der Waals surface area contributed by atoms with Crippen LogP contribution in [0, 0.1) is 0 Å². The van der Waals surface area contributed by atoms with Crippen molar-refractivity contribution in [2.24, 2.45) is 0 Å². The minimum atomic E-state index is -3.02. The van der Waals surface area contributed by atoms with Crippen molar-refractivity contribution in [1.82, 2.24) is 0 Å². The highest BCUT2D eigenvalue weighted by Gasteiger charge is 2.33. The molecule has 6 nitrogen and oxygen atoms in total. The van der Waals surface area contributed by atoms with E-state index < -0.39 is 21.5 Å². The molecule has 3 rings (SSSR count). The zero-order chi connectivity index (χ0) is 15.4. The first kappa shape index (κ1) is 14.3. The van der Waals surface area contributed by atoms with Gasteiger partial charge in [-0.15, -0.1) is 0 Å². The minimum absolute atomic E-state index is 0.0612. The van der Waals surface area contributed by atoms with Gasteiger partial charge in [0, 0.05) is 12.6 Å². The third kappa shape index (κ3) is 2.40. The van der Waals surface area contributed by atoms with E-state index >= 15 is 0 Å². The lowest BCUT2D eigenvalue weighted by Gasteiger charge is -2.35. The van der Waals surface area contributed by atoms with Crippen LogP contribution in [0.1, 0.15) is 17.3 Å². The van der Waals surface area contributed by atoms with Gasteiger partial charge in [-0.2, -0.15) is 0 Å². The number of hydrogen-bond acceptors (Lipinski definition) is 5. The number of sulfone groups is 1. The maximum atomic E-state index is 11.6. The Hall–Kier alpha value is -1.60. The summed E-state index contributed by atoms with van der Waals surface area (Å²) < 4.78 is 23.3. The van der Waals surface area contributed by atoms with Crippen molar-refractivity contribution >= 4 is 44.5 Å². The van der Waals surface area contributed by atoms with E-state index in [-0.39, 0.29) is 23.1 Å². The van der Waals surface area contributed by atoms with Gasteiger partial charge in [0.15, 0.2) is 9.84 Å². The summed E-state index contributed by atoms with van der Waals surface area (Å²) >= 11 is 6.21. The standard InChI is InChI=1S/C13H13ClN2O4S/c1-7-6-21(19,20)3-2-16(7)11-5-10-8(4-9(11)14)12(17)13(18)15-10/h4-5,7H,2-3,6H2,1H3,(H,15,17,18). The first-order valence-corrected chi connectivity index (χ1v) is 8.65. The summed E-state index contributed by atoms with van der Waals surface area (Å²) in [7, 11) is -3.02. The van der Waals surface area contributed by atoms with Crippen LogP contribution >= 0.6 is 11.6 Å². The van der Waals surface area contributed by atoms with Gasteiger partial charge in [0.05, 0.1) is 33.5 Å². The SMILES string of the molecule is CC1CS(=O)(=O)CCN1c1cc2c(cc1Cl)C(=O)C(=O)N2.